The predicted molar refractivity (Wildman–Crippen MR) is 126 cm³/mol. The number of likely N-dealkylation sites (N-methyl/N-ethyl adjacent to an activating group) is 1. The summed E-state index contributed by atoms with van der Waals surface area (Å²) < 4.78 is 5.49. The van der Waals surface area contributed by atoms with Crippen molar-refractivity contribution in [2.75, 3.05) is 19.7 Å². The quantitative estimate of drug-likeness (QED) is 0.559. The van der Waals surface area contributed by atoms with E-state index in [1.54, 1.807) is 26.8 Å². The molecule has 0 saturated carbocycles. The van der Waals surface area contributed by atoms with Crippen LogP contribution in [-0.4, -0.2) is 53.7 Å². The van der Waals surface area contributed by atoms with E-state index in [-0.39, 0.29) is 31.4 Å². The van der Waals surface area contributed by atoms with Crippen LogP contribution in [0.25, 0.3) is 11.1 Å². The number of ether oxygens (including phenoxy) is 1. The predicted octanol–water partition coefficient (Wildman–Crippen LogP) is 4.18. The number of amides is 2. The Kier molecular flexibility index (Phi) is 7.87. The molecule has 2 aromatic carbocycles. The van der Waals surface area contributed by atoms with Crippen LogP contribution < -0.4 is 5.32 Å². The Morgan fingerprint density at radius 3 is 2.21 bits per heavy atom. The Hall–Kier alpha value is -3.61. The second-order valence-electron chi connectivity index (χ2n) is 8.13. The molecule has 7 nitrogen and oxygen atoms in total. The fourth-order valence-corrected chi connectivity index (χ4v) is 4.27. The van der Waals surface area contributed by atoms with E-state index in [0.717, 1.165) is 22.3 Å². The summed E-state index contributed by atoms with van der Waals surface area (Å²) in [6.45, 7) is 5.92. The van der Waals surface area contributed by atoms with Crippen LogP contribution in [0, 0.1) is 0 Å². The lowest BCUT2D eigenvalue weighted by atomic mass is 9.98. The van der Waals surface area contributed by atoms with Crippen LogP contribution in [0.15, 0.2) is 60.2 Å². The summed E-state index contributed by atoms with van der Waals surface area (Å²) in [5.74, 6) is -1.22. The van der Waals surface area contributed by atoms with E-state index in [2.05, 4.69) is 29.6 Å². The molecule has 3 rings (SSSR count). The molecule has 33 heavy (non-hydrogen) atoms. The SMILES string of the molecule is CCN(C(=O)/C(C)=C/CNC(=O)OCC1c2ccccc2-c2ccccc21)C(C)CC(=O)O. The van der Waals surface area contributed by atoms with Crippen LogP contribution in [0.3, 0.4) is 0 Å². The van der Waals surface area contributed by atoms with Crippen molar-refractivity contribution in [3.63, 3.8) is 0 Å². The van der Waals surface area contributed by atoms with E-state index in [9.17, 15) is 14.4 Å². The number of carbonyl (C=O) groups is 3. The number of carbonyl (C=O) groups excluding carboxylic acids is 2. The van der Waals surface area contributed by atoms with E-state index in [0.29, 0.717) is 12.1 Å². The minimum Gasteiger partial charge on any atom is -0.481 e. The first-order chi connectivity index (χ1) is 15.8. The fraction of sp³-hybridized carbons (Fsp3) is 0.346. The van der Waals surface area contributed by atoms with Crippen LogP contribution in [0.4, 0.5) is 4.79 Å². The summed E-state index contributed by atoms with van der Waals surface area (Å²) in [6.07, 6.45) is 0.935. The number of nitrogens with one attached hydrogen (secondary N) is 1. The summed E-state index contributed by atoms with van der Waals surface area (Å²) in [5.41, 5.74) is 5.05. The van der Waals surface area contributed by atoms with Crippen molar-refractivity contribution in [2.45, 2.75) is 39.2 Å². The average Bonchev–Trinajstić information content (AvgIpc) is 3.11. The van der Waals surface area contributed by atoms with Crippen molar-refractivity contribution in [1.29, 1.82) is 0 Å². The Morgan fingerprint density at radius 2 is 1.67 bits per heavy atom. The molecule has 0 radical (unpaired) electrons. The van der Waals surface area contributed by atoms with E-state index in [1.165, 1.54) is 4.90 Å². The molecule has 7 heteroatoms. The molecule has 0 aliphatic heterocycles. The largest absolute Gasteiger partial charge is 0.481 e. The lowest BCUT2D eigenvalue weighted by molar-refractivity contribution is -0.139. The molecule has 0 saturated heterocycles. The number of aliphatic carboxylic acids is 1. The van der Waals surface area contributed by atoms with Gasteiger partial charge in [0, 0.05) is 30.6 Å². The maximum absolute atomic E-state index is 12.6. The van der Waals surface area contributed by atoms with Gasteiger partial charge in [0.15, 0.2) is 0 Å². The Morgan fingerprint density at radius 1 is 1.09 bits per heavy atom. The molecule has 0 fully saturated rings. The highest BCUT2D eigenvalue weighted by molar-refractivity contribution is 5.93. The first-order valence-corrected chi connectivity index (χ1v) is 11.1. The smallest absolute Gasteiger partial charge is 0.407 e. The third-order valence-electron chi connectivity index (χ3n) is 5.94. The zero-order valence-corrected chi connectivity index (χ0v) is 19.2. The molecule has 2 aromatic rings. The summed E-state index contributed by atoms with van der Waals surface area (Å²) in [7, 11) is 0. The zero-order chi connectivity index (χ0) is 24.0. The van der Waals surface area contributed by atoms with Crippen molar-refractivity contribution in [1.82, 2.24) is 10.2 Å². The number of alkyl carbamates (subject to hydrolysis) is 1. The zero-order valence-electron chi connectivity index (χ0n) is 19.2. The summed E-state index contributed by atoms with van der Waals surface area (Å²) in [6, 6.07) is 15.8. The van der Waals surface area contributed by atoms with E-state index in [1.807, 2.05) is 24.3 Å². The van der Waals surface area contributed by atoms with Crippen molar-refractivity contribution in [3.8, 4) is 11.1 Å². The number of hydrogen-bond acceptors (Lipinski definition) is 4. The molecule has 1 unspecified atom stereocenters. The monoisotopic (exact) mass is 450 g/mol. The van der Waals surface area contributed by atoms with Crippen LogP contribution in [0.1, 0.15) is 44.2 Å². The average molecular weight is 451 g/mol. The summed E-state index contributed by atoms with van der Waals surface area (Å²) in [4.78, 5) is 37.4. The molecular weight excluding hydrogens is 420 g/mol. The van der Waals surface area contributed by atoms with Gasteiger partial charge in [0.25, 0.3) is 0 Å². The Labute approximate surface area is 194 Å². The Balaban J connectivity index is 1.54. The molecule has 1 aliphatic rings. The first-order valence-electron chi connectivity index (χ1n) is 11.1. The van der Waals surface area contributed by atoms with Gasteiger partial charge in [-0.3, -0.25) is 9.59 Å². The van der Waals surface area contributed by atoms with E-state index >= 15 is 0 Å². The molecular formula is C26H30N2O5. The van der Waals surface area contributed by atoms with Crippen LogP contribution >= 0.6 is 0 Å². The lowest BCUT2D eigenvalue weighted by Gasteiger charge is -2.27. The number of carboxylic acid groups (broad SMARTS) is 1. The van der Waals surface area contributed by atoms with Crippen LogP contribution in [0.5, 0.6) is 0 Å². The first kappa shape index (κ1) is 24.0. The summed E-state index contributed by atoms with van der Waals surface area (Å²) in [5, 5.41) is 11.6. The molecule has 174 valence electrons. The number of rotatable bonds is 9. The number of nitrogens with zero attached hydrogens (tertiary/aromatic N) is 1. The highest BCUT2D eigenvalue weighted by Crippen LogP contribution is 2.44. The van der Waals surface area contributed by atoms with E-state index in [4.69, 9.17) is 9.84 Å². The molecule has 2 amide bonds. The van der Waals surface area contributed by atoms with Gasteiger partial charge in [0.2, 0.25) is 5.91 Å². The highest BCUT2D eigenvalue weighted by atomic mass is 16.5. The minimum absolute atomic E-state index is 0.0177. The summed E-state index contributed by atoms with van der Waals surface area (Å²) >= 11 is 0. The molecule has 0 spiro atoms. The van der Waals surface area contributed by atoms with Gasteiger partial charge >= 0.3 is 12.1 Å². The molecule has 0 heterocycles. The number of carboxylic acids is 1. The number of benzene rings is 2. The molecule has 0 aromatic heterocycles. The third-order valence-corrected chi connectivity index (χ3v) is 5.94. The maximum Gasteiger partial charge on any atom is 0.407 e. The molecule has 0 bridgehead atoms. The van der Waals surface area contributed by atoms with Gasteiger partial charge in [0.05, 0.1) is 6.42 Å². The van der Waals surface area contributed by atoms with Gasteiger partial charge < -0.3 is 20.1 Å². The lowest BCUT2D eigenvalue weighted by Crippen LogP contribution is -2.40. The number of hydrogen-bond donors (Lipinski definition) is 2. The van der Waals surface area contributed by atoms with Gasteiger partial charge in [-0.05, 0) is 43.0 Å². The fourth-order valence-electron chi connectivity index (χ4n) is 4.27. The third kappa shape index (κ3) is 5.61. The standard InChI is InChI=1S/C26H30N2O5/c1-4-28(18(3)15-24(29)30)25(31)17(2)13-14-27-26(32)33-16-23-21-11-7-5-9-19(21)20-10-6-8-12-22(20)23/h5-13,18,23H,4,14-16H2,1-3H3,(H,27,32)(H,29,30)/b17-13+. The van der Waals surface area contributed by atoms with Crippen LogP contribution in [-0.2, 0) is 14.3 Å². The normalized spacial score (nSPS) is 13.6. The van der Waals surface area contributed by atoms with Crippen molar-refractivity contribution in [3.05, 3.63) is 71.3 Å². The second-order valence-corrected chi connectivity index (χ2v) is 8.13. The van der Waals surface area contributed by atoms with Gasteiger partial charge in [0.1, 0.15) is 6.61 Å². The van der Waals surface area contributed by atoms with Crippen molar-refractivity contribution >= 4 is 18.0 Å². The maximum atomic E-state index is 12.6. The van der Waals surface area contributed by atoms with E-state index < -0.39 is 18.1 Å². The van der Waals surface area contributed by atoms with Crippen molar-refractivity contribution in [2.24, 2.45) is 0 Å². The second kappa shape index (κ2) is 10.8. The minimum atomic E-state index is -0.952. The van der Waals surface area contributed by atoms with Gasteiger partial charge in [-0.2, -0.15) is 0 Å². The Bertz CT molecular complexity index is 1020. The molecule has 2 N–H and O–H groups in total. The van der Waals surface area contributed by atoms with Crippen molar-refractivity contribution < 1.29 is 24.2 Å². The van der Waals surface area contributed by atoms with Crippen LogP contribution in [0.2, 0.25) is 0 Å². The highest BCUT2D eigenvalue weighted by Gasteiger charge is 2.29. The topological polar surface area (TPSA) is 95.9 Å². The van der Waals surface area contributed by atoms with Gasteiger partial charge in [-0.15, -0.1) is 0 Å². The number of fused-ring (bicyclic) bond motifs is 3. The molecule has 1 aliphatic carbocycles. The molecule has 1 atom stereocenters. The van der Waals surface area contributed by atoms with Gasteiger partial charge in [-0.25, -0.2) is 4.79 Å². The van der Waals surface area contributed by atoms with Gasteiger partial charge in [-0.1, -0.05) is 54.6 Å².